The van der Waals surface area contributed by atoms with Gasteiger partial charge in [0.25, 0.3) is 0 Å². The zero-order valence-corrected chi connectivity index (χ0v) is 14.6. The number of hydrogen-bond acceptors (Lipinski definition) is 6. The molecule has 2 rings (SSSR count). The summed E-state index contributed by atoms with van der Waals surface area (Å²) in [5.74, 6) is 1.58. The van der Waals surface area contributed by atoms with Gasteiger partial charge < -0.3 is 15.5 Å². The molecule has 0 bridgehead atoms. The summed E-state index contributed by atoms with van der Waals surface area (Å²) in [6.07, 6.45) is 1.03. The van der Waals surface area contributed by atoms with E-state index in [0.29, 0.717) is 5.95 Å². The number of likely N-dealkylation sites (N-methyl/N-ethyl adjacent to an activating group) is 1. The van der Waals surface area contributed by atoms with Crippen LogP contribution in [0.4, 0.5) is 11.8 Å². The van der Waals surface area contributed by atoms with Gasteiger partial charge >= 0.3 is 0 Å². The van der Waals surface area contributed by atoms with Crippen molar-refractivity contribution in [2.45, 2.75) is 32.7 Å². The van der Waals surface area contributed by atoms with Gasteiger partial charge in [-0.2, -0.15) is 4.98 Å². The van der Waals surface area contributed by atoms with Gasteiger partial charge in [-0.3, -0.25) is 0 Å². The first-order chi connectivity index (χ1) is 9.87. The van der Waals surface area contributed by atoms with E-state index >= 15 is 0 Å². The van der Waals surface area contributed by atoms with Crippen LogP contribution in [-0.4, -0.2) is 48.1 Å². The molecule has 2 N–H and O–H groups in total. The molecule has 0 radical (unpaired) electrons. The second-order valence-electron chi connectivity index (χ2n) is 5.99. The van der Waals surface area contributed by atoms with Crippen LogP contribution in [-0.2, 0) is 6.42 Å². The van der Waals surface area contributed by atoms with Gasteiger partial charge in [-0.15, -0.1) is 11.3 Å². The van der Waals surface area contributed by atoms with Gasteiger partial charge in [0.15, 0.2) is 0 Å². The van der Waals surface area contributed by atoms with Gasteiger partial charge in [-0.1, -0.05) is 6.92 Å². The number of thiophene rings is 1. The van der Waals surface area contributed by atoms with Crippen LogP contribution in [0.1, 0.15) is 25.6 Å². The average molecular weight is 307 g/mol. The van der Waals surface area contributed by atoms with Gasteiger partial charge in [0.05, 0.1) is 5.39 Å². The van der Waals surface area contributed by atoms with E-state index in [4.69, 9.17) is 0 Å². The van der Waals surface area contributed by atoms with Crippen LogP contribution >= 0.6 is 11.3 Å². The van der Waals surface area contributed by atoms with Crippen molar-refractivity contribution < 1.29 is 0 Å². The van der Waals surface area contributed by atoms with Crippen LogP contribution in [0.3, 0.4) is 0 Å². The lowest BCUT2D eigenvalue weighted by Crippen LogP contribution is -2.44. The Morgan fingerprint density at radius 1 is 1.29 bits per heavy atom. The number of aromatic nitrogens is 2. The molecule has 0 saturated heterocycles. The largest absolute Gasteiger partial charge is 0.368 e. The minimum absolute atomic E-state index is 0.0562. The molecular formula is C15H25N5S. The summed E-state index contributed by atoms with van der Waals surface area (Å²) in [5.41, 5.74) is 0.0562. The van der Waals surface area contributed by atoms with Gasteiger partial charge in [-0.25, -0.2) is 4.98 Å². The fourth-order valence-corrected chi connectivity index (χ4v) is 2.82. The van der Waals surface area contributed by atoms with Crippen LogP contribution in [0.2, 0.25) is 0 Å². The Morgan fingerprint density at radius 2 is 2.00 bits per heavy atom. The maximum Gasteiger partial charge on any atom is 0.225 e. The fraction of sp³-hybridized carbons (Fsp3) is 0.600. The van der Waals surface area contributed by atoms with Gasteiger partial charge in [0, 0.05) is 24.0 Å². The highest BCUT2D eigenvalue weighted by molar-refractivity contribution is 7.18. The van der Waals surface area contributed by atoms with E-state index in [0.717, 1.165) is 29.0 Å². The highest BCUT2D eigenvalue weighted by Gasteiger charge is 2.21. The molecule has 0 amide bonds. The average Bonchev–Trinajstić information content (AvgIpc) is 2.87. The Balaban J connectivity index is 2.35. The van der Waals surface area contributed by atoms with E-state index in [9.17, 15) is 0 Å². The predicted octanol–water partition coefficient (Wildman–Crippen LogP) is 3.05. The summed E-state index contributed by atoms with van der Waals surface area (Å²) in [6, 6.07) is 2.20. The number of fused-ring (bicyclic) bond motifs is 1. The Bertz CT molecular complexity index is 618. The Labute approximate surface area is 130 Å². The molecule has 2 aromatic rings. The number of nitrogens with one attached hydrogen (secondary N) is 2. The first kappa shape index (κ1) is 16.0. The molecule has 2 heterocycles. The molecule has 21 heavy (non-hydrogen) atoms. The van der Waals surface area contributed by atoms with Crippen molar-refractivity contribution in [3.05, 3.63) is 10.9 Å². The maximum atomic E-state index is 4.58. The van der Waals surface area contributed by atoms with E-state index in [1.165, 1.54) is 4.88 Å². The minimum atomic E-state index is 0.0562. The SMILES string of the molecule is CCc1cc2c(NCC(C)(C)N(C)C)nc(NC)nc2s1. The van der Waals surface area contributed by atoms with E-state index in [1.54, 1.807) is 11.3 Å². The molecule has 0 aromatic carbocycles. The van der Waals surface area contributed by atoms with Crippen LogP contribution in [0.25, 0.3) is 10.2 Å². The first-order valence-electron chi connectivity index (χ1n) is 7.27. The Kier molecular flexibility index (Phi) is 4.68. The lowest BCUT2D eigenvalue weighted by atomic mass is 10.0. The molecule has 0 aliphatic carbocycles. The predicted molar refractivity (Wildman–Crippen MR) is 92.6 cm³/mol. The van der Waals surface area contributed by atoms with Crippen LogP contribution in [0.5, 0.6) is 0 Å². The zero-order valence-electron chi connectivity index (χ0n) is 13.7. The summed E-state index contributed by atoms with van der Waals surface area (Å²) in [7, 11) is 6.04. The van der Waals surface area contributed by atoms with Gasteiger partial charge in [0.1, 0.15) is 10.6 Å². The third-order valence-electron chi connectivity index (χ3n) is 3.91. The number of anilines is 2. The van der Waals surface area contributed by atoms with E-state index in [2.05, 4.69) is 66.4 Å². The quantitative estimate of drug-likeness (QED) is 0.859. The second kappa shape index (κ2) is 6.15. The van der Waals surface area contributed by atoms with Crippen LogP contribution < -0.4 is 10.6 Å². The normalized spacial score (nSPS) is 12.1. The lowest BCUT2D eigenvalue weighted by Gasteiger charge is -2.32. The second-order valence-corrected chi connectivity index (χ2v) is 7.11. The van der Waals surface area contributed by atoms with Crippen molar-refractivity contribution in [1.82, 2.24) is 14.9 Å². The molecule has 0 aliphatic rings. The van der Waals surface area contributed by atoms with Crippen LogP contribution in [0, 0.1) is 0 Å². The lowest BCUT2D eigenvalue weighted by molar-refractivity contribution is 0.210. The smallest absolute Gasteiger partial charge is 0.225 e. The minimum Gasteiger partial charge on any atom is -0.368 e. The third kappa shape index (κ3) is 3.44. The Morgan fingerprint density at radius 3 is 2.57 bits per heavy atom. The number of aryl methyl sites for hydroxylation is 1. The summed E-state index contributed by atoms with van der Waals surface area (Å²) in [5, 5.41) is 7.65. The summed E-state index contributed by atoms with van der Waals surface area (Å²) in [6.45, 7) is 7.41. The number of rotatable bonds is 6. The van der Waals surface area contributed by atoms with Crippen LogP contribution in [0.15, 0.2) is 6.07 Å². The first-order valence-corrected chi connectivity index (χ1v) is 8.08. The molecule has 5 nitrogen and oxygen atoms in total. The Hall–Kier alpha value is -1.40. The topological polar surface area (TPSA) is 53.1 Å². The molecule has 0 saturated carbocycles. The molecule has 0 unspecified atom stereocenters. The molecule has 0 aliphatic heterocycles. The molecule has 116 valence electrons. The summed E-state index contributed by atoms with van der Waals surface area (Å²) >= 11 is 1.74. The highest BCUT2D eigenvalue weighted by atomic mass is 32.1. The van der Waals surface area contributed by atoms with Crippen molar-refractivity contribution in [3.63, 3.8) is 0 Å². The van der Waals surface area contributed by atoms with Crippen molar-refractivity contribution in [3.8, 4) is 0 Å². The van der Waals surface area contributed by atoms with Crippen molar-refractivity contribution >= 4 is 33.3 Å². The molecule has 2 aromatic heterocycles. The summed E-state index contributed by atoms with van der Waals surface area (Å²) < 4.78 is 0. The maximum absolute atomic E-state index is 4.58. The molecule has 0 atom stereocenters. The van der Waals surface area contributed by atoms with Crippen molar-refractivity contribution in [1.29, 1.82) is 0 Å². The van der Waals surface area contributed by atoms with Crippen molar-refractivity contribution in [2.75, 3.05) is 38.3 Å². The molecule has 6 heteroatoms. The van der Waals surface area contributed by atoms with Crippen molar-refractivity contribution in [2.24, 2.45) is 0 Å². The zero-order chi connectivity index (χ0) is 15.6. The third-order valence-corrected chi connectivity index (χ3v) is 5.09. The standard InChI is InChI=1S/C15H25N5S/c1-7-10-8-11-12(17-9-15(2,3)20(5)6)18-14(16-4)19-13(11)21-10/h8H,7,9H2,1-6H3,(H2,16,17,18,19). The number of nitrogens with zero attached hydrogens (tertiary/aromatic N) is 3. The van der Waals surface area contributed by atoms with Gasteiger partial charge in [-0.05, 0) is 40.4 Å². The number of hydrogen-bond donors (Lipinski definition) is 2. The van der Waals surface area contributed by atoms with E-state index < -0.39 is 0 Å². The highest BCUT2D eigenvalue weighted by Crippen LogP contribution is 2.30. The van der Waals surface area contributed by atoms with E-state index in [-0.39, 0.29) is 5.54 Å². The molecule has 0 spiro atoms. The monoisotopic (exact) mass is 307 g/mol. The van der Waals surface area contributed by atoms with E-state index in [1.807, 2.05) is 7.05 Å². The van der Waals surface area contributed by atoms with Gasteiger partial charge in [0.2, 0.25) is 5.95 Å². The molecular weight excluding hydrogens is 282 g/mol. The summed E-state index contributed by atoms with van der Waals surface area (Å²) in [4.78, 5) is 13.7. The molecule has 0 fully saturated rings. The fourth-order valence-electron chi connectivity index (χ4n) is 1.85.